The van der Waals surface area contributed by atoms with Gasteiger partial charge in [-0.1, -0.05) is 45.4 Å². The fourth-order valence-electron chi connectivity index (χ4n) is 2.69. The molecular weight excluding hydrogens is 230 g/mol. The minimum absolute atomic E-state index is 0.259. The summed E-state index contributed by atoms with van der Waals surface area (Å²) in [7, 11) is 0. The maximum Gasteiger partial charge on any atom is 0.00822 e. The lowest BCUT2D eigenvalue weighted by atomic mass is 9.77. The van der Waals surface area contributed by atoms with Crippen molar-refractivity contribution in [2.24, 2.45) is 17.1 Å². The van der Waals surface area contributed by atoms with E-state index in [1.54, 1.807) is 0 Å². The first-order chi connectivity index (χ1) is 8.61. The van der Waals surface area contributed by atoms with Gasteiger partial charge >= 0.3 is 0 Å². The first kappa shape index (κ1) is 16.2. The third-order valence-corrected chi connectivity index (χ3v) is 4.44. The minimum atomic E-state index is 0.259. The van der Waals surface area contributed by atoms with Gasteiger partial charge in [-0.2, -0.15) is 0 Å². The Hall–Kier alpha value is -0.820. The molecule has 0 fully saturated rings. The van der Waals surface area contributed by atoms with Gasteiger partial charge in [-0.3, -0.25) is 0 Å². The second kappa shape index (κ2) is 6.09. The fourth-order valence-corrected chi connectivity index (χ4v) is 2.69. The Labute approximate surface area is 119 Å². The zero-order valence-corrected chi connectivity index (χ0v) is 13.8. The van der Waals surface area contributed by atoms with E-state index in [9.17, 15) is 0 Å². The summed E-state index contributed by atoms with van der Waals surface area (Å²) in [5, 5.41) is 0. The fraction of sp³-hybridized carbons (Fsp3) is 0.667. The van der Waals surface area contributed by atoms with Gasteiger partial charge in [0.25, 0.3) is 0 Å². The molecule has 19 heavy (non-hydrogen) atoms. The summed E-state index contributed by atoms with van der Waals surface area (Å²) < 4.78 is 0. The SMILES string of the molecule is Cc1cc(C)c(CC(N)CC(C)C(C)(C)C)c(C)c1. The number of rotatable bonds is 4. The van der Waals surface area contributed by atoms with Crippen LogP contribution in [0.4, 0.5) is 0 Å². The minimum Gasteiger partial charge on any atom is -0.327 e. The third-order valence-electron chi connectivity index (χ3n) is 4.44. The van der Waals surface area contributed by atoms with Gasteiger partial charge in [0.15, 0.2) is 0 Å². The summed E-state index contributed by atoms with van der Waals surface area (Å²) in [6.07, 6.45) is 2.09. The molecule has 108 valence electrons. The van der Waals surface area contributed by atoms with E-state index in [4.69, 9.17) is 5.73 Å². The summed E-state index contributed by atoms with van der Waals surface area (Å²) in [5.74, 6) is 0.647. The smallest absolute Gasteiger partial charge is 0.00822 e. The average molecular weight is 261 g/mol. The molecule has 0 heterocycles. The van der Waals surface area contributed by atoms with Gasteiger partial charge in [-0.05, 0) is 61.6 Å². The summed E-state index contributed by atoms with van der Waals surface area (Å²) in [4.78, 5) is 0. The first-order valence-electron chi connectivity index (χ1n) is 7.43. The van der Waals surface area contributed by atoms with Crippen molar-refractivity contribution in [1.82, 2.24) is 0 Å². The maximum atomic E-state index is 6.38. The number of hydrogen-bond donors (Lipinski definition) is 1. The molecule has 0 radical (unpaired) electrons. The molecule has 0 aromatic heterocycles. The van der Waals surface area contributed by atoms with Crippen LogP contribution in [0.1, 0.15) is 56.4 Å². The molecule has 0 bridgehead atoms. The Morgan fingerprint density at radius 3 is 1.95 bits per heavy atom. The molecule has 0 amide bonds. The van der Waals surface area contributed by atoms with Crippen LogP contribution in [0, 0.1) is 32.1 Å². The first-order valence-corrected chi connectivity index (χ1v) is 7.43. The van der Waals surface area contributed by atoms with Crippen molar-refractivity contribution in [3.05, 3.63) is 34.4 Å². The number of aryl methyl sites for hydroxylation is 3. The highest BCUT2D eigenvalue weighted by Gasteiger charge is 2.22. The van der Waals surface area contributed by atoms with Crippen molar-refractivity contribution in [2.45, 2.75) is 67.3 Å². The molecule has 0 aliphatic carbocycles. The molecule has 2 unspecified atom stereocenters. The van der Waals surface area contributed by atoms with Crippen LogP contribution in [0.2, 0.25) is 0 Å². The Kier molecular flexibility index (Phi) is 5.20. The van der Waals surface area contributed by atoms with E-state index >= 15 is 0 Å². The Morgan fingerprint density at radius 1 is 1.05 bits per heavy atom. The van der Waals surface area contributed by atoms with Crippen LogP contribution in [-0.4, -0.2) is 6.04 Å². The summed E-state index contributed by atoms with van der Waals surface area (Å²) in [6.45, 7) is 15.8. The lowest BCUT2D eigenvalue weighted by molar-refractivity contribution is 0.233. The highest BCUT2D eigenvalue weighted by Crippen LogP contribution is 2.29. The van der Waals surface area contributed by atoms with Crippen molar-refractivity contribution >= 4 is 0 Å². The Balaban J connectivity index is 2.75. The van der Waals surface area contributed by atoms with Gasteiger partial charge in [-0.15, -0.1) is 0 Å². The number of hydrogen-bond acceptors (Lipinski definition) is 1. The maximum absolute atomic E-state index is 6.38. The van der Waals surface area contributed by atoms with E-state index in [1.165, 1.54) is 22.3 Å². The van der Waals surface area contributed by atoms with Gasteiger partial charge in [-0.25, -0.2) is 0 Å². The molecule has 1 nitrogen and oxygen atoms in total. The van der Waals surface area contributed by atoms with Crippen molar-refractivity contribution in [3.8, 4) is 0 Å². The van der Waals surface area contributed by atoms with Crippen LogP contribution in [-0.2, 0) is 6.42 Å². The van der Waals surface area contributed by atoms with Gasteiger partial charge in [0.1, 0.15) is 0 Å². The largest absolute Gasteiger partial charge is 0.327 e. The average Bonchev–Trinajstić information content (AvgIpc) is 2.21. The number of benzene rings is 1. The quantitative estimate of drug-likeness (QED) is 0.845. The molecule has 0 saturated carbocycles. The molecule has 2 N–H and O–H groups in total. The predicted molar refractivity (Wildman–Crippen MR) is 85.6 cm³/mol. The lowest BCUT2D eigenvalue weighted by Crippen LogP contribution is -2.30. The second-order valence-electron chi connectivity index (χ2n) is 7.34. The van der Waals surface area contributed by atoms with Crippen molar-refractivity contribution < 1.29 is 0 Å². The molecule has 1 rings (SSSR count). The van der Waals surface area contributed by atoms with Gasteiger partial charge < -0.3 is 5.73 Å². The van der Waals surface area contributed by atoms with Crippen LogP contribution in [0.25, 0.3) is 0 Å². The summed E-state index contributed by atoms with van der Waals surface area (Å²) in [6, 6.07) is 4.79. The van der Waals surface area contributed by atoms with Crippen LogP contribution in [0.3, 0.4) is 0 Å². The predicted octanol–water partition coefficient (Wildman–Crippen LogP) is 4.55. The Bertz CT molecular complexity index is 403. The second-order valence-corrected chi connectivity index (χ2v) is 7.34. The molecule has 0 saturated heterocycles. The zero-order chi connectivity index (χ0) is 14.8. The van der Waals surface area contributed by atoms with Crippen molar-refractivity contribution in [3.63, 3.8) is 0 Å². The van der Waals surface area contributed by atoms with Crippen molar-refractivity contribution in [1.29, 1.82) is 0 Å². The molecule has 0 aliphatic heterocycles. The standard InChI is InChI=1S/C18H31N/c1-12-8-13(2)17(14(3)9-12)11-16(19)10-15(4)18(5,6)7/h8-9,15-16H,10-11,19H2,1-7H3. The summed E-state index contributed by atoms with van der Waals surface area (Å²) >= 11 is 0. The molecular formula is C18H31N. The van der Waals surface area contributed by atoms with E-state index in [0.29, 0.717) is 11.3 Å². The molecule has 0 spiro atoms. The topological polar surface area (TPSA) is 26.0 Å². The van der Waals surface area contributed by atoms with Crippen LogP contribution < -0.4 is 5.73 Å². The molecule has 1 aromatic carbocycles. The van der Waals surface area contributed by atoms with E-state index in [2.05, 4.69) is 60.6 Å². The van der Waals surface area contributed by atoms with Crippen molar-refractivity contribution in [2.75, 3.05) is 0 Å². The van der Waals surface area contributed by atoms with E-state index in [1.807, 2.05) is 0 Å². The molecule has 1 heteroatoms. The molecule has 2 atom stereocenters. The zero-order valence-electron chi connectivity index (χ0n) is 13.8. The van der Waals surface area contributed by atoms with E-state index < -0.39 is 0 Å². The highest BCUT2D eigenvalue weighted by molar-refractivity contribution is 5.37. The van der Waals surface area contributed by atoms with E-state index in [0.717, 1.165) is 12.8 Å². The van der Waals surface area contributed by atoms with Crippen LogP contribution in [0.15, 0.2) is 12.1 Å². The molecule has 0 aliphatic rings. The van der Waals surface area contributed by atoms with Gasteiger partial charge in [0, 0.05) is 6.04 Å². The van der Waals surface area contributed by atoms with Gasteiger partial charge in [0.2, 0.25) is 0 Å². The van der Waals surface area contributed by atoms with E-state index in [-0.39, 0.29) is 6.04 Å². The lowest BCUT2D eigenvalue weighted by Gasteiger charge is -2.30. The van der Waals surface area contributed by atoms with Crippen LogP contribution >= 0.6 is 0 Å². The normalized spacial score (nSPS) is 15.4. The van der Waals surface area contributed by atoms with Crippen LogP contribution in [0.5, 0.6) is 0 Å². The monoisotopic (exact) mass is 261 g/mol. The summed E-state index contributed by atoms with van der Waals surface area (Å²) in [5.41, 5.74) is 12.3. The Morgan fingerprint density at radius 2 is 1.53 bits per heavy atom. The number of nitrogens with two attached hydrogens (primary N) is 1. The highest BCUT2D eigenvalue weighted by atomic mass is 14.6. The van der Waals surface area contributed by atoms with Gasteiger partial charge in [0.05, 0.1) is 0 Å². The molecule has 1 aromatic rings. The third kappa shape index (κ3) is 4.65.